The van der Waals surface area contributed by atoms with Crippen molar-refractivity contribution in [3.05, 3.63) is 102 Å². The Morgan fingerprint density at radius 3 is 2.52 bits per heavy atom. The quantitative estimate of drug-likeness (QED) is 0.490. The van der Waals surface area contributed by atoms with Crippen molar-refractivity contribution in [3.8, 4) is 0 Å². The average molecular weight is 475 g/mol. The van der Waals surface area contributed by atoms with Gasteiger partial charge in [-0.15, -0.1) is 6.58 Å². The van der Waals surface area contributed by atoms with Gasteiger partial charge in [0, 0.05) is 24.5 Å². The highest BCUT2D eigenvalue weighted by molar-refractivity contribution is 7.92. The van der Waals surface area contributed by atoms with Crippen LogP contribution in [-0.4, -0.2) is 25.9 Å². The summed E-state index contributed by atoms with van der Waals surface area (Å²) in [5.41, 5.74) is -0.303. The molecule has 0 saturated carbocycles. The molecule has 6 nitrogen and oxygen atoms in total. The van der Waals surface area contributed by atoms with E-state index in [9.17, 15) is 26.4 Å². The first kappa shape index (κ1) is 24.0. The van der Waals surface area contributed by atoms with Crippen molar-refractivity contribution in [1.29, 1.82) is 0 Å². The van der Waals surface area contributed by atoms with E-state index in [1.807, 2.05) is 0 Å². The lowest BCUT2D eigenvalue weighted by Crippen LogP contribution is -2.32. The molecule has 0 unspecified atom stereocenters. The lowest BCUT2D eigenvalue weighted by Gasteiger charge is -2.24. The molecular formula is C23H20F3N3O3S. The molecule has 3 aromatic rings. The molecule has 0 atom stereocenters. The largest absolute Gasteiger partial charge is 0.416 e. The minimum absolute atomic E-state index is 0.0857. The van der Waals surface area contributed by atoms with Gasteiger partial charge in [0.05, 0.1) is 22.7 Å². The molecule has 0 aliphatic carbocycles. The standard InChI is InChI=1S/C23H20F3N3O3S/c1-2-12-29(20-9-4-8-19(14-20)23(24,25)26)33(31,32)21-10-3-7-18(13-21)22(30)28-16-17-6-5-11-27-15-17/h2-11,13-15H,1,12,16H2,(H,28,30). The zero-order valence-corrected chi connectivity index (χ0v) is 18.1. The van der Waals surface area contributed by atoms with Crippen molar-refractivity contribution in [1.82, 2.24) is 10.3 Å². The van der Waals surface area contributed by atoms with Crippen LogP contribution in [0.5, 0.6) is 0 Å². The molecule has 2 aromatic carbocycles. The predicted molar refractivity (Wildman–Crippen MR) is 118 cm³/mol. The van der Waals surface area contributed by atoms with Crippen LogP contribution in [0, 0.1) is 0 Å². The van der Waals surface area contributed by atoms with Gasteiger partial charge in [-0.25, -0.2) is 8.42 Å². The molecule has 1 N–H and O–H groups in total. The molecule has 1 aromatic heterocycles. The van der Waals surface area contributed by atoms with Crippen molar-refractivity contribution in [2.24, 2.45) is 0 Å². The summed E-state index contributed by atoms with van der Waals surface area (Å²) < 4.78 is 66.8. The topological polar surface area (TPSA) is 79.4 Å². The van der Waals surface area contributed by atoms with Crippen LogP contribution >= 0.6 is 0 Å². The van der Waals surface area contributed by atoms with Crippen molar-refractivity contribution in [3.63, 3.8) is 0 Å². The maximum atomic E-state index is 13.3. The number of alkyl halides is 3. The zero-order valence-electron chi connectivity index (χ0n) is 17.3. The number of carbonyl (C=O) groups is 1. The van der Waals surface area contributed by atoms with Crippen LogP contribution < -0.4 is 9.62 Å². The first-order valence-corrected chi connectivity index (χ1v) is 11.1. The Bertz CT molecular complexity index is 1250. The summed E-state index contributed by atoms with van der Waals surface area (Å²) in [4.78, 5) is 16.3. The first-order chi connectivity index (χ1) is 15.6. The van der Waals surface area contributed by atoms with Crippen molar-refractivity contribution < 1.29 is 26.4 Å². The monoisotopic (exact) mass is 475 g/mol. The second-order valence-electron chi connectivity index (χ2n) is 6.94. The average Bonchev–Trinajstić information content (AvgIpc) is 2.81. The SMILES string of the molecule is C=CCN(c1cccc(C(F)(F)F)c1)S(=O)(=O)c1cccc(C(=O)NCc2cccnc2)c1. The maximum absolute atomic E-state index is 13.3. The predicted octanol–water partition coefficient (Wildman–Crippen LogP) is 4.41. The van der Waals surface area contributed by atoms with E-state index >= 15 is 0 Å². The Hall–Kier alpha value is -3.66. The molecule has 0 saturated heterocycles. The Balaban J connectivity index is 1.90. The van der Waals surface area contributed by atoms with Crippen molar-refractivity contribution in [2.75, 3.05) is 10.8 Å². The molecule has 33 heavy (non-hydrogen) atoms. The van der Waals surface area contributed by atoms with Gasteiger partial charge >= 0.3 is 6.18 Å². The minimum Gasteiger partial charge on any atom is -0.348 e. The Morgan fingerprint density at radius 2 is 1.85 bits per heavy atom. The lowest BCUT2D eigenvalue weighted by atomic mass is 10.2. The smallest absolute Gasteiger partial charge is 0.348 e. The number of hydrogen-bond donors (Lipinski definition) is 1. The lowest BCUT2D eigenvalue weighted by molar-refractivity contribution is -0.137. The maximum Gasteiger partial charge on any atom is 0.416 e. The number of aromatic nitrogens is 1. The van der Waals surface area contributed by atoms with Gasteiger partial charge < -0.3 is 5.32 Å². The molecule has 0 aliphatic rings. The number of pyridine rings is 1. The van der Waals surface area contributed by atoms with E-state index in [1.54, 1.807) is 24.5 Å². The highest BCUT2D eigenvalue weighted by Crippen LogP contribution is 2.33. The number of carbonyl (C=O) groups excluding carboxylic acids is 1. The highest BCUT2D eigenvalue weighted by atomic mass is 32.2. The van der Waals surface area contributed by atoms with E-state index < -0.39 is 27.7 Å². The Morgan fingerprint density at radius 1 is 1.09 bits per heavy atom. The molecule has 0 bridgehead atoms. The van der Waals surface area contributed by atoms with Gasteiger partial charge in [-0.3, -0.25) is 14.1 Å². The fourth-order valence-electron chi connectivity index (χ4n) is 3.01. The third kappa shape index (κ3) is 5.78. The number of rotatable bonds is 8. The normalized spacial score (nSPS) is 11.6. The van der Waals surface area contributed by atoms with Gasteiger partial charge in [-0.2, -0.15) is 13.2 Å². The van der Waals surface area contributed by atoms with Gasteiger partial charge in [-0.05, 0) is 48.0 Å². The summed E-state index contributed by atoms with van der Waals surface area (Å²) in [6.07, 6.45) is -0.184. The van der Waals surface area contributed by atoms with Crippen LogP contribution in [0.2, 0.25) is 0 Å². The van der Waals surface area contributed by atoms with Gasteiger partial charge in [0.1, 0.15) is 0 Å². The number of nitrogens with one attached hydrogen (secondary N) is 1. The fourth-order valence-corrected chi connectivity index (χ4v) is 4.48. The third-order valence-electron chi connectivity index (χ3n) is 4.62. The number of sulfonamides is 1. The number of hydrogen-bond acceptors (Lipinski definition) is 4. The van der Waals surface area contributed by atoms with Crippen LogP contribution in [0.25, 0.3) is 0 Å². The summed E-state index contributed by atoms with van der Waals surface area (Å²) in [5, 5.41) is 2.68. The van der Waals surface area contributed by atoms with E-state index in [4.69, 9.17) is 0 Å². The summed E-state index contributed by atoms with van der Waals surface area (Å²) in [7, 11) is -4.30. The number of benzene rings is 2. The van der Waals surface area contributed by atoms with E-state index in [0.717, 1.165) is 28.1 Å². The Kier molecular flexibility index (Phi) is 7.17. The summed E-state index contributed by atoms with van der Waals surface area (Å²) in [6.45, 7) is 3.43. The van der Waals surface area contributed by atoms with Crippen LogP contribution in [0.15, 0.2) is 90.6 Å². The van der Waals surface area contributed by atoms with Crippen LogP contribution in [0.3, 0.4) is 0 Å². The van der Waals surface area contributed by atoms with Gasteiger partial charge in [0.25, 0.3) is 15.9 Å². The van der Waals surface area contributed by atoms with Crippen LogP contribution in [-0.2, 0) is 22.7 Å². The molecular weight excluding hydrogens is 455 g/mol. The third-order valence-corrected chi connectivity index (χ3v) is 6.41. The van der Waals surface area contributed by atoms with E-state index in [2.05, 4.69) is 16.9 Å². The molecule has 1 heterocycles. The fraction of sp³-hybridized carbons (Fsp3) is 0.130. The number of halogens is 3. The van der Waals surface area contributed by atoms with Crippen LogP contribution in [0.4, 0.5) is 18.9 Å². The second kappa shape index (κ2) is 9.86. The minimum atomic E-state index is -4.63. The number of anilines is 1. The van der Waals surface area contributed by atoms with Gasteiger partial charge in [-0.1, -0.05) is 24.3 Å². The number of amides is 1. The van der Waals surface area contributed by atoms with E-state index in [0.29, 0.717) is 0 Å². The molecule has 10 heteroatoms. The van der Waals surface area contributed by atoms with Crippen molar-refractivity contribution in [2.45, 2.75) is 17.6 Å². The van der Waals surface area contributed by atoms with Gasteiger partial charge in [0.2, 0.25) is 0 Å². The van der Waals surface area contributed by atoms with Gasteiger partial charge in [0.15, 0.2) is 0 Å². The summed E-state index contributed by atoms with van der Waals surface area (Å²) in [5.74, 6) is -0.509. The van der Waals surface area contributed by atoms with E-state index in [-0.39, 0.29) is 29.2 Å². The summed E-state index contributed by atoms with van der Waals surface area (Å²) >= 11 is 0. The molecule has 0 fully saturated rings. The highest BCUT2D eigenvalue weighted by Gasteiger charge is 2.32. The molecule has 0 radical (unpaired) electrons. The first-order valence-electron chi connectivity index (χ1n) is 9.71. The van der Waals surface area contributed by atoms with Crippen molar-refractivity contribution >= 4 is 21.6 Å². The molecule has 3 rings (SSSR count). The second-order valence-corrected chi connectivity index (χ2v) is 8.81. The molecule has 172 valence electrons. The zero-order chi connectivity index (χ0) is 24.1. The Labute approximate surface area is 189 Å². The molecule has 0 aliphatic heterocycles. The number of nitrogens with zero attached hydrogens (tertiary/aromatic N) is 2. The summed E-state index contributed by atoms with van der Waals surface area (Å²) in [6, 6.07) is 12.8. The molecule has 1 amide bonds. The van der Waals surface area contributed by atoms with Crippen LogP contribution in [0.1, 0.15) is 21.5 Å². The molecule has 0 spiro atoms. The van der Waals surface area contributed by atoms with E-state index in [1.165, 1.54) is 36.4 Å².